The molecule has 0 bridgehead atoms. The Morgan fingerprint density at radius 1 is 1.40 bits per heavy atom. The second kappa shape index (κ2) is 9.22. The number of rotatable bonds is 6. The third-order valence-corrected chi connectivity index (χ3v) is 4.83. The Labute approximate surface area is 155 Å². The van der Waals surface area contributed by atoms with E-state index in [2.05, 4.69) is 22.1 Å². The van der Waals surface area contributed by atoms with Crippen LogP contribution in [-0.4, -0.2) is 53.9 Å². The second-order valence-corrected chi connectivity index (χ2v) is 6.62. The normalized spacial score (nSPS) is 19.2. The highest BCUT2D eigenvalue weighted by molar-refractivity contribution is 5.91. The van der Waals surface area contributed by atoms with Gasteiger partial charge < -0.3 is 15.2 Å². The molecule has 5 nitrogen and oxygen atoms in total. The van der Waals surface area contributed by atoms with Crippen molar-refractivity contribution in [3.63, 3.8) is 0 Å². The van der Waals surface area contributed by atoms with Crippen LogP contribution >= 0.6 is 12.4 Å². The van der Waals surface area contributed by atoms with Crippen molar-refractivity contribution in [3.8, 4) is 5.75 Å². The molecule has 0 radical (unpaired) electrons. The van der Waals surface area contributed by atoms with E-state index in [0.717, 1.165) is 28.9 Å². The third-order valence-electron chi connectivity index (χ3n) is 4.83. The Morgan fingerprint density at radius 3 is 3.00 bits per heavy atom. The summed E-state index contributed by atoms with van der Waals surface area (Å²) in [5, 5.41) is 14.8. The fraction of sp³-hybridized carbons (Fsp3) is 0.526. The van der Waals surface area contributed by atoms with E-state index in [9.17, 15) is 5.11 Å². The molecule has 3 rings (SSSR count). The summed E-state index contributed by atoms with van der Waals surface area (Å²) in [5.41, 5.74) is 1.80. The van der Waals surface area contributed by atoms with Crippen molar-refractivity contribution >= 4 is 29.0 Å². The monoisotopic (exact) mass is 365 g/mol. The Kier molecular flexibility index (Phi) is 7.29. The van der Waals surface area contributed by atoms with Gasteiger partial charge in [0.1, 0.15) is 5.75 Å². The molecule has 1 fully saturated rings. The van der Waals surface area contributed by atoms with E-state index in [4.69, 9.17) is 4.74 Å². The lowest BCUT2D eigenvalue weighted by atomic mass is 10.0. The van der Waals surface area contributed by atoms with Crippen molar-refractivity contribution < 1.29 is 9.84 Å². The van der Waals surface area contributed by atoms with Crippen LogP contribution in [0.1, 0.15) is 26.2 Å². The molecule has 2 unspecified atom stereocenters. The number of nitrogens with zero attached hydrogens (tertiary/aromatic N) is 2. The summed E-state index contributed by atoms with van der Waals surface area (Å²) in [5.74, 6) is 0.789. The van der Waals surface area contributed by atoms with Crippen molar-refractivity contribution in [2.75, 3.05) is 32.1 Å². The molecule has 2 atom stereocenters. The van der Waals surface area contributed by atoms with Crippen molar-refractivity contribution in [3.05, 3.63) is 30.5 Å². The van der Waals surface area contributed by atoms with Crippen LogP contribution < -0.4 is 10.1 Å². The van der Waals surface area contributed by atoms with Gasteiger partial charge in [-0.05, 0) is 38.4 Å². The topological polar surface area (TPSA) is 57.6 Å². The number of pyridine rings is 1. The summed E-state index contributed by atoms with van der Waals surface area (Å²) in [6.07, 6.45) is 5.13. The van der Waals surface area contributed by atoms with Crippen molar-refractivity contribution in [1.29, 1.82) is 0 Å². The summed E-state index contributed by atoms with van der Waals surface area (Å²) in [6, 6.07) is 8.40. The Morgan fingerprint density at radius 2 is 2.24 bits per heavy atom. The number of nitrogens with one attached hydrogen (secondary N) is 1. The number of aliphatic hydroxyl groups excluding tert-OH is 1. The highest BCUT2D eigenvalue weighted by atomic mass is 35.5. The number of anilines is 1. The number of likely N-dealkylation sites (tertiary alicyclic amines) is 1. The average molecular weight is 366 g/mol. The number of aromatic nitrogens is 1. The van der Waals surface area contributed by atoms with Gasteiger partial charge in [0.2, 0.25) is 0 Å². The zero-order valence-corrected chi connectivity index (χ0v) is 15.8. The summed E-state index contributed by atoms with van der Waals surface area (Å²) >= 11 is 0. The molecular weight excluding hydrogens is 338 g/mol. The van der Waals surface area contributed by atoms with Crippen LogP contribution in [0.3, 0.4) is 0 Å². The maximum atomic E-state index is 10.4. The first kappa shape index (κ1) is 19.8. The number of hydrogen-bond acceptors (Lipinski definition) is 5. The van der Waals surface area contributed by atoms with Gasteiger partial charge in [0, 0.05) is 36.8 Å². The highest BCUT2D eigenvalue weighted by Gasteiger charge is 2.20. The molecule has 0 amide bonds. The fourth-order valence-electron chi connectivity index (χ4n) is 3.41. The third kappa shape index (κ3) is 4.97. The molecule has 0 spiro atoms. The summed E-state index contributed by atoms with van der Waals surface area (Å²) in [6.45, 7) is 4.55. The maximum Gasteiger partial charge on any atom is 0.121 e. The quantitative estimate of drug-likeness (QED) is 0.822. The van der Waals surface area contributed by atoms with E-state index in [0.29, 0.717) is 19.1 Å². The minimum absolute atomic E-state index is 0. The van der Waals surface area contributed by atoms with Crippen LogP contribution in [0.2, 0.25) is 0 Å². The molecule has 2 heterocycles. The molecule has 1 aliphatic heterocycles. The number of piperidine rings is 1. The minimum atomic E-state index is -0.407. The first-order valence-electron chi connectivity index (χ1n) is 8.76. The zero-order chi connectivity index (χ0) is 16.9. The average Bonchev–Trinajstić information content (AvgIpc) is 2.61. The smallest absolute Gasteiger partial charge is 0.121 e. The molecule has 1 aliphatic rings. The Bertz CT molecular complexity index is 683. The van der Waals surface area contributed by atoms with Gasteiger partial charge in [-0.25, -0.2) is 0 Å². The van der Waals surface area contributed by atoms with E-state index in [1.54, 1.807) is 13.3 Å². The number of halogens is 1. The predicted octanol–water partition coefficient (Wildman–Crippen LogP) is 3.31. The molecule has 6 heteroatoms. The first-order valence-corrected chi connectivity index (χ1v) is 8.76. The van der Waals surface area contributed by atoms with Gasteiger partial charge >= 0.3 is 0 Å². The van der Waals surface area contributed by atoms with Gasteiger partial charge in [-0.15, -0.1) is 12.4 Å². The predicted molar refractivity (Wildman–Crippen MR) is 105 cm³/mol. The Hall–Kier alpha value is -1.56. The highest BCUT2D eigenvalue weighted by Crippen LogP contribution is 2.27. The van der Waals surface area contributed by atoms with E-state index >= 15 is 0 Å². The number of fused-ring (bicyclic) bond motifs is 1. The molecule has 2 N–H and O–H groups in total. The van der Waals surface area contributed by atoms with Gasteiger partial charge in [-0.3, -0.25) is 9.88 Å². The van der Waals surface area contributed by atoms with Crippen molar-refractivity contribution in [2.24, 2.45) is 0 Å². The molecule has 2 aromatic rings. The minimum Gasteiger partial charge on any atom is -0.497 e. The lowest BCUT2D eigenvalue weighted by molar-refractivity contribution is 0.0801. The van der Waals surface area contributed by atoms with Crippen LogP contribution in [0, 0.1) is 0 Å². The number of benzene rings is 1. The lowest BCUT2D eigenvalue weighted by Crippen LogP contribution is -2.43. The number of methoxy groups -OCH3 is 1. The molecular formula is C19H28ClN3O2. The van der Waals surface area contributed by atoms with E-state index in [1.165, 1.54) is 19.3 Å². The zero-order valence-electron chi connectivity index (χ0n) is 14.9. The molecule has 25 heavy (non-hydrogen) atoms. The molecule has 0 saturated carbocycles. The van der Waals surface area contributed by atoms with Gasteiger partial charge in [0.25, 0.3) is 0 Å². The van der Waals surface area contributed by atoms with Crippen LogP contribution in [0.4, 0.5) is 5.69 Å². The van der Waals surface area contributed by atoms with Gasteiger partial charge in [-0.2, -0.15) is 0 Å². The van der Waals surface area contributed by atoms with Gasteiger partial charge in [-0.1, -0.05) is 12.5 Å². The summed E-state index contributed by atoms with van der Waals surface area (Å²) < 4.78 is 5.37. The molecule has 0 aliphatic carbocycles. The van der Waals surface area contributed by atoms with Gasteiger partial charge in [0.15, 0.2) is 0 Å². The van der Waals surface area contributed by atoms with Gasteiger partial charge in [0.05, 0.1) is 24.4 Å². The number of ether oxygens (including phenoxy) is 1. The SMILES string of the molecule is COc1cc(NCC(O)CN2CCCCC2C)c2ncccc2c1.Cl. The lowest BCUT2D eigenvalue weighted by Gasteiger charge is -2.34. The molecule has 138 valence electrons. The number of β-amino-alcohol motifs (C(OH)–C–C–N with tert-alkyl or cyclic N) is 1. The number of hydrogen-bond donors (Lipinski definition) is 2. The van der Waals surface area contributed by atoms with Crippen LogP contribution in [0.5, 0.6) is 5.75 Å². The summed E-state index contributed by atoms with van der Waals surface area (Å²) in [4.78, 5) is 6.84. The molecule has 1 saturated heterocycles. The number of aliphatic hydroxyl groups is 1. The van der Waals surface area contributed by atoms with E-state index in [1.807, 2.05) is 24.3 Å². The van der Waals surface area contributed by atoms with E-state index < -0.39 is 6.10 Å². The molecule has 1 aromatic carbocycles. The van der Waals surface area contributed by atoms with Crippen molar-refractivity contribution in [2.45, 2.75) is 38.3 Å². The van der Waals surface area contributed by atoms with Crippen molar-refractivity contribution in [1.82, 2.24) is 9.88 Å². The Balaban J connectivity index is 0.00000225. The second-order valence-electron chi connectivity index (χ2n) is 6.62. The largest absolute Gasteiger partial charge is 0.497 e. The first-order chi connectivity index (χ1) is 11.7. The molecule has 1 aromatic heterocycles. The van der Waals surface area contributed by atoms with E-state index in [-0.39, 0.29) is 12.4 Å². The van der Waals surface area contributed by atoms with Crippen LogP contribution in [-0.2, 0) is 0 Å². The fourth-order valence-corrected chi connectivity index (χ4v) is 3.41. The van der Waals surface area contributed by atoms with Crippen LogP contribution in [0.25, 0.3) is 10.9 Å². The summed E-state index contributed by atoms with van der Waals surface area (Å²) in [7, 11) is 1.66. The standard InChI is InChI=1S/C19H27N3O2.ClH/c1-14-6-3-4-9-22(14)13-16(23)12-21-18-11-17(24-2)10-15-7-5-8-20-19(15)18;/h5,7-8,10-11,14,16,21,23H,3-4,6,9,12-13H2,1-2H3;1H. The van der Waals surface area contributed by atoms with Crippen LogP contribution in [0.15, 0.2) is 30.5 Å². The maximum absolute atomic E-state index is 10.4.